The highest BCUT2D eigenvalue weighted by Crippen LogP contribution is 2.32. The minimum Gasteiger partial charge on any atom is -0.495 e. The van der Waals surface area contributed by atoms with Crippen LogP contribution in [0.15, 0.2) is 53.7 Å². The quantitative estimate of drug-likeness (QED) is 0.770. The van der Waals surface area contributed by atoms with E-state index in [0.29, 0.717) is 11.4 Å². The van der Waals surface area contributed by atoms with Crippen molar-refractivity contribution in [1.29, 1.82) is 0 Å². The molecule has 3 N–H and O–H groups in total. The number of carbonyl (C=O) groups is 2. The molecule has 8 heteroatoms. The fourth-order valence-corrected chi connectivity index (χ4v) is 2.94. The number of amides is 3. The minimum atomic E-state index is -1.28. The zero-order chi connectivity index (χ0) is 19.6. The van der Waals surface area contributed by atoms with Gasteiger partial charge in [0.2, 0.25) is 0 Å². The molecule has 1 aliphatic heterocycles. The average Bonchev–Trinajstić information content (AvgIpc) is 2.61. The van der Waals surface area contributed by atoms with E-state index in [1.807, 2.05) is 0 Å². The Morgan fingerprint density at radius 3 is 2.44 bits per heavy atom. The fraction of sp³-hybridized carbons (Fsp3) is 0.158. The van der Waals surface area contributed by atoms with E-state index >= 15 is 0 Å². The molecule has 0 saturated carbocycles. The lowest BCUT2D eigenvalue weighted by Gasteiger charge is -2.29. The SMILES string of the molecule is COc1ccccc1NC(=O)C1=C(C)NC(=O)N[C@H]1c1c(F)cccc1F. The van der Waals surface area contributed by atoms with Crippen LogP contribution in [0.4, 0.5) is 19.3 Å². The number of hydrogen-bond acceptors (Lipinski definition) is 3. The van der Waals surface area contributed by atoms with Crippen LogP contribution in [0, 0.1) is 11.6 Å². The number of rotatable bonds is 4. The molecule has 1 heterocycles. The molecule has 0 spiro atoms. The first kappa shape index (κ1) is 18.4. The molecule has 0 aromatic heterocycles. The molecule has 0 saturated heterocycles. The second kappa shape index (κ2) is 7.45. The summed E-state index contributed by atoms with van der Waals surface area (Å²) >= 11 is 0. The summed E-state index contributed by atoms with van der Waals surface area (Å²) in [6.07, 6.45) is 0. The monoisotopic (exact) mass is 373 g/mol. The molecular weight excluding hydrogens is 356 g/mol. The van der Waals surface area contributed by atoms with E-state index in [-0.39, 0.29) is 11.3 Å². The van der Waals surface area contributed by atoms with Gasteiger partial charge in [0.1, 0.15) is 17.4 Å². The predicted octanol–water partition coefficient (Wildman–Crippen LogP) is 3.24. The Morgan fingerprint density at radius 1 is 1.11 bits per heavy atom. The number of urea groups is 1. The molecule has 0 aliphatic carbocycles. The van der Waals surface area contributed by atoms with Gasteiger partial charge < -0.3 is 20.7 Å². The number of halogens is 2. The van der Waals surface area contributed by atoms with Gasteiger partial charge in [-0.1, -0.05) is 18.2 Å². The largest absolute Gasteiger partial charge is 0.495 e. The third kappa shape index (κ3) is 3.59. The third-order valence-electron chi connectivity index (χ3n) is 4.16. The van der Waals surface area contributed by atoms with Crippen molar-refractivity contribution in [3.8, 4) is 5.75 Å². The molecular formula is C19H17F2N3O3. The number of carbonyl (C=O) groups excluding carboxylic acids is 2. The van der Waals surface area contributed by atoms with Crippen LogP contribution in [-0.2, 0) is 4.79 Å². The molecule has 3 amide bonds. The highest BCUT2D eigenvalue weighted by atomic mass is 19.1. The molecule has 6 nitrogen and oxygen atoms in total. The number of hydrogen-bond donors (Lipinski definition) is 3. The first-order valence-corrected chi connectivity index (χ1v) is 8.09. The van der Waals surface area contributed by atoms with Crippen LogP contribution in [0.5, 0.6) is 5.75 Å². The standard InChI is InChI=1S/C19H17F2N3O3/c1-10-15(18(25)23-13-8-3-4-9-14(13)27-2)17(24-19(26)22-10)16-11(20)6-5-7-12(16)21/h3-9,17H,1-2H3,(H,23,25)(H2,22,24,26)/t17-/m1/s1. The van der Waals surface area contributed by atoms with Crippen molar-refractivity contribution in [3.63, 3.8) is 0 Å². The van der Waals surface area contributed by atoms with Crippen LogP contribution in [0.3, 0.4) is 0 Å². The number of para-hydroxylation sites is 2. The van der Waals surface area contributed by atoms with Gasteiger partial charge in [-0.05, 0) is 31.2 Å². The number of methoxy groups -OCH3 is 1. The van der Waals surface area contributed by atoms with Crippen molar-refractivity contribution in [2.45, 2.75) is 13.0 Å². The summed E-state index contributed by atoms with van der Waals surface area (Å²) in [5, 5.41) is 7.52. The van der Waals surface area contributed by atoms with E-state index in [1.165, 1.54) is 20.1 Å². The highest BCUT2D eigenvalue weighted by Gasteiger charge is 2.34. The van der Waals surface area contributed by atoms with Crippen molar-refractivity contribution in [2.24, 2.45) is 0 Å². The van der Waals surface area contributed by atoms with Crippen molar-refractivity contribution in [2.75, 3.05) is 12.4 Å². The van der Waals surface area contributed by atoms with E-state index < -0.39 is 35.2 Å². The zero-order valence-corrected chi connectivity index (χ0v) is 14.6. The Morgan fingerprint density at radius 2 is 1.78 bits per heavy atom. The van der Waals surface area contributed by atoms with Crippen molar-refractivity contribution in [3.05, 3.63) is 70.9 Å². The van der Waals surface area contributed by atoms with Gasteiger partial charge in [-0.2, -0.15) is 0 Å². The summed E-state index contributed by atoms with van der Waals surface area (Å²) in [5.74, 6) is -1.93. The molecule has 1 aliphatic rings. The van der Waals surface area contributed by atoms with Crippen LogP contribution in [0.2, 0.25) is 0 Å². The molecule has 0 unspecified atom stereocenters. The highest BCUT2D eigenvalue weighted by molar-refractivity contribution is 6.07. The lowest BCUT2D eigenvalue weighted by molar-refractivity contribution is -0.113. The van der Waals surface area contributed by atoms with E-state index in [1.54, 1.807) is 24.3 Å². The second-order valence-electron chi connectivity index (χ2n) is 5.86. The Balaban J connectivity index is 2.03. The number of anilines is 1. The Kier molecular flexibility index (Phi) is 5.07. The number of allylic oxidation sites excluding steroid dienone is 1. The Bertz CT molecular complexity index is 923. The summed E-state index contributed by atoms with van der Waals surface area (Å²) in [6, 6.07) is 8.13. The summed E-state index contributed by atoms with van der Waals surface area (Å²) in [7, 11) is 1.45. The predicted molar refractivity (Wildman–Crippen MR) is 95.1 cm³/mol. The van der Waals surface area contributed by atoms with Gasteiger partial charge >= 0.3 is 6.03 Å². The maximum atomic E-state index is 14.3. The summed E-state index contributed by atoms with van der Waals surface area (Å²) < 4.78 is 33.8. The Hall–Kier alpha value is -3.42. The molecule has 0 bridgehead atoms. The topological polar surface area (TPSA) is 79.5 Å². The van der Waals surface area contributed by atoms with E-state index in [4.69, 9.17) is 4.74 Å². The number of ether oxygens (including phenoxy) is 1. The van der Waals surface area contributed by atoms with Crippen LogP contribution in [0.25, 0.3) is 0 Å². The maximum absolute atomic E-state index is 14.3. The minimum absolute atomic E-state index is 0.00972. The van der Waals surface area contributed by atoms with Crippen LogP contribution in [0.1, 0.15) is 18.5 Å². The first-order valence-electron chi connectivity index (χ1n) is 8.09. The third-order valence-corrected chi connectivity index (χ3v) is 4.16. The van der Waals surface area contributed by atoms with Crippen molar-refractivity contribution in [1.82, 2.24) is 10.6 Å². The fourth-order valence-electron chi connectivity index (χ4n) is 2.94. The van der Waals surface area contributed by atoms with E-state index in [9.17, 15) is 18.4 Å². The molecule has 3 rings (SSSR count). The van der Waals surface area contributed by atoms with Gasteiger partial charge in [0.15, 0.2) is 0 Å². The summed E-state index contributed by atoms with van der Waals surface area (Å²) in [4.78, 5) is 24.8. The molecule has 2 aromatic rings. The van der Waals surface area contributed by atoms with Gasteiger partial charge in [0.25, 0.3) is 5.91 Å². The van der Waals surface area contributed by atoms with Crippen molar-refractivity contribution >= 4 is 17.6 Å². The second-order valence-corrected chi connectivity index (χ2v) is 5.86. The molecule has 27 heavy (non-hydrogen) atoms. The maximum Gasteiger partial charge on any atom is 0.319 e. The zero-order valence-electron chi connectivity index (χ0n) is 14.6. The molecule has 0 fully saturated rings. The molecule has 1 atom stereocenters. The van der Waals surface area contributed by atoms with Crippen molar-refractivity contribution < 1.29 is 23.1 Å². The van der Waals surface area contributed by atoms with Crippen LogP contribution >= 0.6 is 0 Å². The normalized spacial score (nSPS) is 16.4. The average molecular weight is 373 g/mol. The summed E-state index contributed by atoms with van der Waals surface area (Å²) in [5.41, 5.74) is 0.162. The number of nitrogens with one attached hydrogen (secondary N) is 3. The van der Waals surface area contributed by atoms with E-state index in [0.717, 1.165) is 12.1 Å². The first-order chi connectivity index (χ1) is 12.9. The number of benzene rings is 2. The van der Waals surface area contributed by atoms with Crippen LogP contribution in [-0.4, -0.2) is 19.0 Å². The van der Waals surface area contributed by atoms with Gasteiger partial charge in [-0.15, -0.1) is 0 Å². The van der Waals surface area contributed by atoms with Crippen LogP contribution < -0.4 is 20.7 Å². The lowest BCUT2D eigenvalue weighted by Crippen LogP contribution is -2.46. The van der Waals surface area contributed by atoms with E-state index in [2.05, 4.69) is 16.0 Å². The lowest BCUT2D eigenvalue weighted by atomic mass is 9.94. The Labute approximate surface area is 154 Å². The summed E-state index contributed by atoms with van der Waals surface area (Å²) in [6.45, 7) is 1.49. The molecule has 2 aromatic carbocycles. The van der Waals surface area contributed by atoms with Gasteiger partial charge in [0.05, 0.1) is 30.0 Å². The molecule has 0 radical (unpaired) electrons. The van der Waals surface area contributed by atoms with Gasteiger partial charge in [-0.3, -0.25) is 4.79 Å². The van der Waals surface area contributed by atoms with Gasteiger partial charge in [-0.25, -0.2) is 13.6 Å². The smallest absolute Gasteiger partial charge is 0.319 e. The molecule has 140 valence electrons. The van der Waals surface area contributed by atoms with Gasteiger partial charge in [0, 0.05) is 5.70 Å².